The molecule has 0 unspecified atom stereocenters. The van der Waals surface area contributed by atoms with E-state index < -0.39 is 0 Å². The predicted molar refractivity (Wildman–Crippen MR) is 129 cm³/mol. The summed E-state index contributed by atoms with van der Waals surface area (Å²) in [6, 6.07) is 21.2. The van der Waals surface area contributed by atoms with Gasteiger partial charge in [0.05, 0.1) is 12.5 Å². The third-order valence-electron chi connectivity index (χ3n) is 4.83. The first-order valence-electron chi connectivity index (χ1n) is 10.1. The molecule has 4 aromatic rings. The molecule has 1 aromatic heterocycles. The van der Waals surface area contributed by atoms with Gasteiger partial charge in [-0.15, -0.1) is 0 Å². The zero-order valence-corrected chi connectivity index (χ0v) is 18.0. The highest BCUT2D eigenvalue weighted by molar-refractivity contribution is 7.99. The van der Waals surface area contributed by atoms with Crippen molar-refractivity contribution in [3.8, 4) is 11.1 Å². The van der Waals surface area contributed by atoms with Gasteiger partial charge in [-0.1, -0.05) is 49.0 Å². The lowest BCUT2D eigenvalue weighted by Crippen LogP contribution is -2.12. The standard InChI is InChI=1S/C25H23N3O2S/c1-2-10-31-24-14-20(16-30-24)23-13-19(25(29)28-21-6-4-3-5-7-21)12-18-9-8-17(15-27-26)11-22(18)23/h3-9,11-16H,2,10,26H2,1H3,(H,28,29). The zero-order chi connectivity index (χ0) is 21.6. The Morgan fingerprint density at radius 3 is 2.74 bits per heavy atom. The van der Waals surface area contributed by atoms with Gasteiger partial charge in [-0.05, 0) is 64.7 Å². The van der Waals surface area contributed by atoms with Crippen LogP contribution in [0.1, 0.15) is 29.3 Å². The van der Waals surface area contributed by atoms with E-state index in [0.29, 0.717) is 5.56 Å². The van der Waals surface area contributed by atoms with Crippen molar-refractivity contribution in [2.24, 2.45) is 10.9 Å². The number of amides is 1. The van der Waals surface area contributed by atoms with Gasteiger partial charge in [-0.3, -0.25) is 4.79 Å². The molecule has 3 N–H and O–H groups in total. The van der Waals surface area contributed by atoms with Crippen molar-refractivity contribution in [2.75, 3.05) is 11.1 Å². The van der Waals surface area contributed by atoms with Crippen molar-refractivity contribution < 1.29 is 9.21 Å². The number of benzene rings is 3. The van der Waals surface area contributed by atoms with Crippen molar-refractivity contribution in [2.45, 2.75) is 18.4 Å². The summed E-state index contributed by atoms with van der Waals surface area (Å²) in [5.74, 6) is 6.17. The lowest BCUT2D eigenvalue weighted by molar-refractivity contribution is 0.102. The molecular weight excluding hydrogens is 406 g/mol. The van der Waals surface area contributed by atoms with Crippen molar-refractivity contribution in [3.63, 3.8) is 0 Å². The Morgan fingerprint density at radius 1 is 1.13 bits per heavy atom. The molecule has 0 fully saturated rings. The molecule has 0 radical (unpaired) electrons. The number of thioether (sulfide) groups is 1. The summed E-state index contributed by atoms with van der Waals surface area (Å²) in [7, 11) is 0. The number of nitrogens with two attached hydrogens (primary N) is 1. The molecule has 1 amide bonds. The van der Waals surface area contributed by atoms with Crippen LogP contribution in [0.15, 0.2) is 87.6 Å². The lowest BCUT2D eigenvalue weighted by Gasteiger charge is -2.11. The monoisotopic (exact) mass is 429 g/mol. The van der Waals surface area contributed by atoms with E-state index in [0.717, 1.165) is 50.4 Å². The molecule has 0 aliphatic carbocycles. The number of rotatable bonds is 7. The molecule has 0 atom stereocenters. The first-order valence-corrected chi connectivity index (χ1v) is 11.1. The molecule has 3 aromatic carbocycles. The SMILES string of the molecule is CCCSc1cc(-c2cc(C(=O)Nc3ccccc3)cc3ccc(C=NN)cc23)co1. The van der Waals surface area contributed by atoms with Gasteiger partial charge in [0.1, 0.15) is 0 Å². The van der Waals surface area contributed by atoms with E-state index in [2.05, 4.69) is 17.3 Å². The van der Waals surface area contributed by atoms with Crippen LogP contribution >= 0.6 is 11.8 Å². The molecule has 0 saturated heterocycles. The second-order valence-corrected chi connectivity index (χ2v) is 8.20. The Labute approximate surface area is 185 Å². The molecule has 0 bridgehead atoms. The van der Waals surface area contributed by atoms with Crippen molar-refractivity contribution in [3.05, 3.63) is 84.1 Å². The van der Waals surface area contributed by atoms with E-state index in [1.807, 2.05) is 66.7 Å². The van der Waals surface area contributed by atoms with Gasteiger partial charge in [-0.2, -0.15) is 5.10 Å². The number of hydrogen-bond donors (Lipinski definition) is 2. The minimum Gasteiger partial charge on any atom is -0.457 e. The number of furan rings is 1. The minimum atomic E-state index is -0.161. The highest BCUT2D eigenvalue weighted by Crippen LogP contribution is 2.34. The quantitative estimate of drug-likeness (QED) is 0.160. The topological polar surface area (TPSA) is 80.6 Å². The smallest absolute Gasteiger partial charge is 0.255 e. The second-order valence-electron chi connectivity index (χ2n) is 7.11. The van der Waals surface area contributed by atoms with Crippen molar-refractivity contribution in [1.29, 1.82) is 0 Å². The molecule has 0 saturated carbocycles. The van der Waals surface area contributed by atoms with Gasteiger partial charge in [-0.25, -0.2) is 0 Å². The molecule has 0 aliphatic heterocycles. The van der Waals surface area contributed by atoms with Crippen LogP contribution < -0.4 is 11.2 Å². The van der Waals surface area contributed by atoms with E-state index in [1.165, 1.54) is 0 Å². The number of nitrogens with one attached hydrogen (secondary N) is 1. The molecule has 5 nitrogen and oxygen atoms in total. The van der Waals surface area contributed by atoms with Crippen LogP contribution in [0.3, 0.4) is 0 Å². The Bertz CT molecular complexity index is 1230. The zero-order valence-electron chi connectivity index (χ0n) is 17.2. The minimum absolute atomic E-state index is 0.161. The van der Waals surface area contributed by atoms with Gasteiger partial charge in [0.25, 0.3) is 5.91 Å². The molecule has 0 aliphatic rings. The fourth-order valence-corrected chi connectivity index (χ4v) is 4.10. The molecule has 6 heteroatoms. The number of hydrogen-bond acceptors (Lipinski definition) is 5. The molecule has 156 valence electrons. The molecule has 4 rings (SSSR count). The summed E-state index contributed by atoms with van der Waals surface area (Å²) < 4.78 is 5.76. The van der Waals surface area contributed by atoms with Crippen molar-refractivity contribution in [1.82, 2.24) is 0 Å². The normalized spacial score (nSPS) is 11.3. The van der Waals surface area contributed by atoms with Crippen LogP contribution in [0.4, 0.5) is 5.69 Å². The number of carbonyl (C=O) groups is 1. The number of nitrogens with zero attached hydrogens (tertiary/aromatic N) is 1. The third-order valence-corrected chi connectivity index (χ3v) is 5.94. The maximum Gasteiger partial charge on any atom is 0.255 e. The van der Waals surface area contributed by atoms with Crippen LogP contribution in [-0.4, -0.2) is 17.9 Å². The number of anilines is 1. The van der Waals surface area contributed by atoms with Crippen LogP contribution in [0.5, 0.6) is 0 Å². The van der Waals surface area contributed by atoms with Crippen LogP contribution in [0.2, 0.25) is 0 Å². The van der Waals surface area contributed by atoms with Gasteiger partial charge < -0.3 is 15.6 Å². The first kappa shape index (κ1) is 20.8. The van der Waals surface area contributed by atoms with Gasteiger partial charge in [0.2, 0.25) is 0 Å². The fraction of sp³-hybridized carbons (Fsp3) is 0.120. The average molecular weight is 430 g/mol. The number of hydrazone groups is 1. The fourth-order valence-electron chi connectivity index (χ4n) is 3.37. The van der Waals surface area contributed by atoms with E-state index in [-0.39, 0.29) is 5.91 Å². The summed E-state index contributed by atoms with van der Waals surface area (Å²) in [6.07, 6.45) is 4.42. The van der Waals surface area contributed by atoms with Crippen LogP contribution in [0.25, 0.3) is 21.9 Å². The largest absolute Gasteiger partial charge is 0.457 e. The molecule has 31 heavy (non-hydrogen) atoms. The summed E-state index contributed by atoms with van der Waals surface area (Å²) in [5.41, 5.74) is 4.08. The highest BCUT2D eigenvalue weighted by atomic mass is 32.2. The maximum absolute atomic E-state index is 13.0. The third kappa shape index (κ3) is 4.81. The van der Waals surface area contributed by atoms with Gasteiger partial charge in [0.15, 0.2) is 5.09 Å². The summed E-state index contributed by atoms with van der Waals surface area (Å²) >= 11 is 1.68. The van der Waals surface area contributed by atoms with Crippen molar-refractivity contribution >= 4 is 40.3 Å². The highest BCUT2D eigenvalue weighted by Gasteiger charge is 2.14. The van der Waals surface area contributed by atoms with Crippen LogP contribution in [-0.2, 0) is 0 Å². The first-order chi connectivity index (χ1) is 15.2. The van der Waals surface area contributed by atoms with E-state index in [4.69, 9.17) is 10.3 Å². The molecule has 1 heterocycles. The predicted octanol–water partition coefficient (Wildman–Crippen LogP) is 6.15. The number of para-hydroxylation sites is 1. The number of carbonyl (C=O) groups excluding carboxylic acids is 1. The Kier molecular flexibility index (Phi) is 6.38. The second kappa shape index (κ2) is 9.53. The number of fused-ring (bicyclic) bond motifs is 1. The average Bonchev–Trinajstić information content (AvgIpc) is 3.26. The maximum atomic E-state index is 13.0. The van der Waals surface area contributed by atoms with E-state index >= 15 is 0 Å². The van der Waals surface area contributed by atoms with Gasteiger partial charge in [0, 0.05) is 22.6 Å². The Balaban J connectivity index is 1.79. The van der Waals surface area contributed by atoms with Crippen LogP contribution in [0, 0.1) is 0 Å². The summed E-state index contributed by atoms with van der Waals surface area (Å²) in [4.78, 5) is 13.0. The Morgan fingerprint density at radius 2 is 1.97 bits per heavy atom. The summed E-state index contributed by atoms with van der Waals surface area (Å²) in [5, 5.41) is 9.42. The van der Waals surface area contributed by atoms with E-state index in [9.17, 15) is 4.79 Å². The van der Waals surface area contributed by atoms with Gasteiger partial charge >= 0.3 is 0 Å². The summed E-state index contributed by atoms with van der Waals surface area (Å²) in [6.45, 7) is 2.14. The molecular formula is C25H23N3O2S. The van der Waals surface area contributed by atoms with E-state index in [1.54, 1.807) is 24.2 Å². The molecule has 0 spiro atoms. The Hall–Kier alpha value is -3.51. The lowest BCUT2D eigenvalue weighted by atomic mass is 9.95.